The van der Waals surface area contributed by atoms with Crippen LogP contribution in [0, 0.1) is 0 Å². The van der Waals surface area contributed by atoms with Crippen LogP contribution in [0.1, 0.15) is 22.8 Å². The fourth-order valence-electron chi connectivity index (χ4n) is 2.31. The molecule has 5 nitrogen and oxygen atoms in total. The molecule has 1 amide bonds. The van der Waals surface area contributed by atoms with Gasteiger partial charge in [-0.3, -0.25) is 9.69 Å². The maximum Gasteiger partial charge on any atom is 0.251 e. The Morgan fingerprint density at radius 2 is 1.90 bits per heavy atom. The molecular weight excluding hydrogens is 286 g/mol. The predicted molar refractivity (Wildman–Crippen MR) is 86.5 cm³/mol. The molecule has 3 N–H and O–H groups in total. The molecule has 1 aromatic carbocycles. The standard InChI is InChI=1S/C15H21N3O2S/c1-11(10-18-6-8-20-9-7-18)17-15(19)13-4-2-12(3-5-13)14(16)21/h2-5,11H,6-10H2,1H3,(H2,16,21)(H,17,19). The largest absolute Gasteiger partial charge is 0.389 e. The first-order chi connectivity index (χ1) is 10.1. The van der Waals surface area contributed by atoms with Gasteiger partial charge in [-0.05, 0) is 19.1 Å². The Labute approximate surface area is 130 Å². The number of benzene rings is 1. The topological polar surface area (TPSA) is 67.6 Å². The van der Waals surface area contributed by atoms with E-state index in [9.17, 15) is 4.79 Å². The number of hydrogen-bond acceptors (Lipinski definition) is 4. The van der Waals surface area contributed by atoms with Gasteiger partial charge < -0.3 is 15.8 Å². The van der Waals surface area contributed by atoms with Crippen molar-refractivity contribution in [3.05, 3.63) is 35.4 Å². The summed E-state index contributed by atoms with van der Waals surface area (Å²) in [6.07, 6.45) is 0. The van der Waals surface area contributed by atoms with Crippen molar-refractivity contribution in [2.75, 3.05) is 32.8 Å². The van der Waals surface area contributed by atoms with E-state index < -0.39 is 0 Å². The Morgan fingerprint density at radius 3 is 2.48 bits per heavy atom. The number of nitrogens with two attached hydrogens (primary N) is 1. The Kier molecular flexibility index (Phi) is 5.67. The van der Waals surface area contributed by atoms with E-state index in [1.54, 1.807) is 24.3 Å². The number of morpholine rings is 1. The molecular formula is C15H21N3O2S. The third-order valence-corrected chi connectivity index (χ3v) is 3.68. The first kappa shape index (κ1) is 15.9. The zero-order valence-corrected chi connectivity index (χ0v) is 13.0. The second-order valence-electron chi connectivity index (χ2n) is 5.23. The number of amides is 1. The molecule has 6 heteroatoms. The van der Waals surface area contributed by atoms with Crippen LogP contribution in [0.5, 0.6) is 0 Å². The van der Waals surface area contributed by atoms with Gasteiger partial charge in [-0.2, -0.15) is 0 Å². The molecule has 1 fully saturated rings. The molecule has 1 saturated heterocycles. The van der Waals surface area contributed by atoms with Crippen LogP contribution in [0.3, 0.4) is 0 Å². The smallest absolute Gasteiger partial charge is 0.251 e. The van der Waals surface area contributed by atoms with Gasteiger partial charge in [0.1, 0.15) is 4.99 Å². The van der Waals surface area contributed by atoms with Gasteiger partial charge in [-0.15, -0.1) is 0 Å². The van der Waals surface area contributed by atoms with Crippen molar-refractivity contribution < 1.29 is 9.53 Å². The Balaban J connectivity index is 1.86. The van der Waals surface area contributed by atoms with Crippen LogP contribution in [0.15, 0.2) is 24.3 Å². The number of rotatable bonds is 5. The van der Waals surface area contributed by atoms with Gasteiger partial charge >= 0.3 is 0 Å². The Morgan fingerprint density at radius 1 is 1.33 bits per heavy atom. The van der Waals surface area contributed by atoms with Gasteiger partial charge in [-0.1, -0.05) is 24.4 Å². The van der Waals surface area contributed by atoms with Crippen LogP contribution in [0.4, 0.5) is 0 Å². The van der Waals surface area contributed by atoms with Crippen molar-refractivity contribution in [1.29, 1.82) is 0 Å². The molecule has 1 aromatic rings. The molecule has 1 atom stereocenters. The predicted octanol–water partition coefficient (Wildman–Crippen LogP) is 0.771. The molecule has 0 radical (unpaired) electrons. The lowest BCUT2D eigenvalue weighted by atomic mass is 10.1. The van der Waals surface area contributed by atoms with E-state index in [4.69, 9.17) is 22.7 Å². The quantitative estimate of drug-likeness (QED) is 0.787. The summed E-state index contributed by atoms with van der Waals surface area (Å²) in [5.41, 5.74) is 6.92. The van der Waals surface area contributed by atoms with E-state index >= 15 is 0 Å². The van der Waals surface area contributed by atoms with E-state index in [0.717, 1.165) is 38.4 Å². The van der Waals surface area contributed by atoms with Crippen molar-refractivity contribution >= 4 is 23.1 Å². The molecule has 0 aromatic heterocycles. The molecule has 1 aliphatic heterocycles. The first-order valence-corrected chi connectivity index (χ1v) is 7.48. The third kappa shape index (κ3) is 4.77. The van der Waals surface area contributed by atoms with Gasteiger partial charge in [0.2, 0.25) is 0 Å². The normalized spacial score (nSPS) is 17.2. The van der Waals surface area contributed by atoms with Crippen LogP contribution < -0.4 is 11.1 Å². The van der Waals surface area contributed by atoms with Gasteiger partial charge in [0.15, 0.2) is 0 Å². The Hall–Kier alpha value is -1.50. The van der Waals surface area contributed by atoms with Gasteiger partial charge in [-0.25, -0.2) is 0 Å². The van der Waals surface area contributed by atoms with Crippen molar-refractivity contribution in [3.63, 3.8) is 0 Å². The van der Waals surface area contributed by atoms with Crippen LogP contribution in [0.2, 0.25) is 0 Å². The number of hydrogen-bond donors (Lipinski definition) is 2. The molecule has 1 unspecified atom stereocenters. The second kappa shape index (κ2) is 7.49. The monoisotopic (exact) mass is 307 g/mol. The minimum Gasteiger partial charge on any atom is -0.389 e. The van der Waals surface area contributed by atoms with Crippen molar-refractivity contribution in [1.82, 2.24) is 10.2 Å². The van der Waals surface area contributed by atoms with E-state index in [2.05, 4.69) is 10.2 Å². The highest BCUT2D eigenvalue weighted by atomic mass is 32.1. The highest BCUT2D eigenvalue weighted by Crippen LogP contribution is 2.05. The number of thiocarbonyl (C=S) groups is 1. The van der Waals surface area contributed by atoms with Crippen molar-refractivity contribution in [2.24, 2.45) is 5.73 Å². The van der Waals surface area contributed by atoms with Crippen LogP contribution in [-0.4, -0.2) is 54.7 Å². The third-order valence-electron chi connectivity index (χ3n) is 3.44. The van der Waals surface area contributed by atoms with E-state index in [0.29, 0.717) is 10.6 Å². The SMILES string of the molecule is CC(CN1CCOCC1)NC(=O)c1ccc(C(N)=S)cc1. The molecule has 2 rings (SSSR count). The summed E-state index contributed by atoms with van der Waals surface area (Å²) in [6, 6.07) is 7.11. The number of nitrogens with zero attached hydrogens (tertiary/aromatic N) is 1. The number of carbonyl (C=O) groups excluding carboxylic acids is 1. The van der Waals surface area contributed by atoms with Gasteiger partial charge in [0, 0.05) is 36.8 Å². The Bertz CT molecular complexity index is 498. The molecule has 0 saturated carbocycles. The summed E-state index contributed by atoms with van der Waals surface area (Å²) in [6.45, 7) is 6.21. The zero-order valence-electron chi connectivity index (χ0n) is 12.2. The highest BCUT2D eigenvalue weighted by Gasteiger charge is 2.15. The lowest BCUT2D eigenvalue weighted by Crippen LogP contribution is -2.46. The van der Waals surface area contributed by atoms with Crippen molar-refractivity contribution in [2.45, 2.75) is 13.0 Å². The van der Waals surface area contributed by atoms with Crippen LogP contribution in [0.25, 0.3) is 0 Å². The number of ether oxygens (including phenoxy) is 1. The summed E-state index contributed by atoms with van der Waals surface area (Å²) in [5.74, 6) is -0.0785. The minimum atomic E-state index is -0.0785. The molecule has 1 heterocycles. The fourth-order valence-corrected chi connectivity index (χ4v) is 2.45. The van der Waals surface area contributed by atoms with Crippen molar-refractivity contribution in [3.8, 4) is 0 Å². The van der Waals surface area contributed by atoms with Gasteiger partial charge in [0.05, 0.1) is 13.2 Å². The average molecular weight is 307 g/mol. The van der Waals surface area contributed by atoms with Crippen LogP contribution in [-0.2, 0) is 4.74 Å². The maximum absolute atomic E-state index is 12.2. The molecule has 1 aliphatic rings. The van der Waals surface area contributed by atoms with E-state index in [-0.39, 0.29) is 11.9 Å². The summed E-state index contributed by atoms with van der Waals surface area (Å²) in [4.78, 5) is 14.8. The molecule has 0 aliphatic carbocycles. The highest BCUT2D eigenvalue weighted by molar-refractivity contribution is 7.80. The molecule has 0 bridgehead atoms. The lowest BCUT2D eigenvalue weighted by Gasteiger charge is -2.29. The van der Waals surface area contributed by atoms with E-state index in [1.807, 2.05) is 6.92 Å². The molecule has 114 valence electrons. The van der Waals surface area contributed by atoms with E-state index in [1.165, 1.54) is 0 Å². The minimum absolute atomic E-state index is 0.0785. The number of nitrogens with one attached hydrogen (secondary N) is 1. The fraction of sp³-hybridized carbons (Fsp3) is 0.467. The van der Waals surface area contributed by atoms with Gasteiger partial charge in [0.25, 0.3) is 5.91 Å². The van der Waals surface area contributed by atoms with Crippen LogP contribution >= 0.6 is 12.2 Å². The number of carbonyl (C=O) groups is 1. The summed E-state index contributed by atoms with van der Waals surface area (Å²) < 4.78 is 5.31. The lowest BCUT2D eigenvalue weighted by molar-refractivity contribution is 0.0342. The average Bonchev–Trinajstić information content (AvgIpc) is 2.48. The summed E-state index contributed by atoms with van der Waals surface area (Å²) in [5, 5.41) is 3.01. The second-order valence-corrected chi connectivity index (χ2v) is 5.67. The summed E-state index contributed by atoms with van der Waals surface area (Å²) >= 11 is 4.89. The molecule has 21 heavy (non-hydrogen) atoms. The maximum atomic E-state index is 12.2. The summed E-state index contributed by atoms with van der Waals surface area (Å²) in [7, 11) is 0. The molecule has 0 spiro atoms. The first-order valence-electron chi connectivity index (χ1n) is 7.07. The zero-order chi connectivity index (χ0) is 15.2.